The van der Waals surface area contributed by atoms with Gasteiger partial charge in [-0.05, 0) is 24.5 Å². The molecule has 0 spiro atoms. The summed E-state index contributed by atoms with van der Waals surface area (Å²) in [5.74, 6) is 0.581. The molecule has 1 amide bonds. The van der Waals surface area contributed by atoms with Crippen molar-refractivity contribution < 1.29 is 4.79 Å². The molecule has 0 bridgehead atoms. The number of fused-ring (bicyclic) bond motifs is 1. The Kier molecular flexibility index (Phi) is 4.52. The highest BCUT2D eigenvalue weighted by Gasteiger charge is 2.39. The number of carbonyl (C=O) groups excluding carboxylic acids is 1. The van der Waals surface area contributed by atoms with E-state index in [0.29, 0.717) is 5.95 Å². The number of rotatable bonds is 3. The first kappa shape index (κ1) is 17.5. The van der Waals surface area contributed by atoms with Gasteiger partial charge in [-0.3, -0.25) is 9.69 Å². The highest BCUT2D eigenvalue weighted by Crippen LogP contribution is 2.42. The van der Waals surface area contributed by atoms with Gasteiger partial charge in [0, 0.05) is 5.92 Å². The van der Waals surface area contributed by atoms with Gasteiger partial charge in [0.1, 0.15) is 6.33 Å². The zero-order chi connectivity index (χ0) is 19.0. The van der Waals surface area contributed by atoms with Crippen LogP contribution >= 0.6 is 0 Å². The molecule has 0 aliphatic carbocycles. The van der Waals surface area contributed by atoms with Gasteiger partial charge in [-0.25, -0.2) is 4.68 Å². The van der Waals surface area contributed by atoms with Crippen molar-refractivity contribution in [2.24, 2.45) is 5.92 Å². The maximum atomic E-state index is 13.1. The Morgan fingerprint density at radius 3 is 2.33 bits per heavy atom. The summed E-state index contributed by atoms with van der Waals surface area (Å²) in [6, 6.07) is 18.7. The average molecular weight is 360 g/mol. The van der Waals surface area contributed by atoms with Crippen LogP contribution < -0.4 is 4.90 Å². The van der Waals surface area contributed by atoms with E-state index in [1.807, 2.05) is 41.6 Å². The van der Waals surface area contributed by atoms with Crippen LogP contribution in [0.4, 0.5) is 5.95 Å². The summed E-state index contributed by atoms with van der Waals surface area (Å²) >= 11 is 0. The van der Waals surface area contributed by atoms with Crippen molar-refractivity contribution in [2.75, 3.05) is 4.90 Å². The zero-order valence-corrected chi connectivity index (χ0v) is 15.9. The van der Waals surface area contributed by atoms with E-state index in [1.54, 1.807) is 6.33 Å². The number of anilines is 1. The van der Waals surface area contributed by atoms with Crippen LogP contribution in [0.3, 0.4) is 0 Å². The summed E-state index contributed by atoms with van der Waals surface area (Å²) in [5.41, 5.74) is 3.53. The molecule has 0 saturated heterocycles. The van der Waals surface area contributed by atoms with E-state index in [1.165, 1.54) is 11.1 Å². The van der Waals surface area contributed by atoms with E-state index < -0.39 is 0 Å². The first-order chi connectivity index (χ1) is 13.1. The Labute approximate surface area is 159 Å². The highest BCUT2D eigenvalue weighted by molar-refractivity contribution is 5.94. The van der Waals surface area contributed by atoms with E-state index >= 15 is 0 Å². The van der Waals surface area contributed by atoms with Gasteiger partial charge in [0.15, 0.2) is 0 Å². The van der Waals surface area contributed by atoms with E-state index in [9.17, 15) is 4.79 Å². The smallest absolute Gasteiger partial charge is 0.232 e. The van der Waals surface area contributed by atoms with Gasteiger partial charge < -0.3 is 0 Å². The SMILES string of the molecule is Cc1ccc([C@H]2C[C@@H](c3ccccc3)N(C(=O)C(C)C)c3ncnn32)cc1. The van der Waals surface area contributed by atoms with Crippen LogP contribution in [0.1, 0.15) is 49.0 Å². The average Bonchev–Trinajstić information content (AvgIpc) is 3.17. The molecule has 1 aromatic heterocycles. The summed E-state index contributed by atoms with van der Waals surface area (Å²) in [4.78, 5) is 19.4. The maximum absolute atomic E-state index is 13.1. The number of amides is 1. The molecule has 2 heterocycles. The van der Waals surface area contributed by atoms with E-state index in [0.717, 1.165) is 12.0 Å². The van der Waals surface area contributed by atoms with Crippen molar-refractivity contribution in [3.05, 3.63) is 77.6 Å². The monoisotopic (exact) mass is 360 g/mol. The summed E-state index contributed by atoms with van der Waals surface area (Å²) < 4.78 is 1.89. The van der Waals surface area contributed by atoms with Gasteiger partial charge in [-0.15, -0.1) is 0 Å². The van der Waals surface area contributed by atoms with Gasteiger partial charge in [0.2, 0.25) is 11.9 Å². The van der Waals surface area contributed by atoms with Crippen molar-refractivity contribution in [1.82, 2.24) is 14.8 Å². The summed E-state index contributed by atoms with van der Waals surface area (Å²) in [6.07, 6.45) is 2.31. The van der Waals surface area contributed by atoms with Crippen LogP contribution in [-0.2, 0) is 4.79 Å². The standard InChI is InChI=1S/C22H24N4O/c1-15(2)21(27)25-19(17-7-5-4-6-8-17)13-20(26-22(25)23-14-24-26)18-11-9-16(3)10-12-18/h4-12,14-15,19-20H,13H2,1-3H3/t19-,20+/m0/s1. The van der Waals surface area contributed by atoms with Crippen molar-refractivity contribution in [2.45, 2.75) is 39.3 Å². The third-order valence-electron chi connectivity index (χ3n) is 5.20. The normalized spacial score (nSPS) is 19.2. The molecule has 138 valence electrons. The number of aryl methyl sites for hydroxylation is 1. The number of aromatic nitrogens is 3. The molecule has 1 aliphatic rings. The lowest BCUT2D eigenvalue weighted by atomic mass is 9.91. The predicted molar refractivity (Wildman–Crippen MR) is 105 cm³/mol. The van der Waals surface area contributed by atoms with Crippen LogP contribution in [0.25, 0.3) is 0 Å². The summed E-state index contributed by atoms with van der Waals surface area (Å²) in [5, 5.41) is 4.47. The fourth-order valence-corrected chi connectivity index (χ4v) is 3.75. The minimum absolute atomic E-state index is 0.0459. The molecule has 0 fully saturated rings. The molecular weight excluding hydrogens is 336 g/mol. The summed E-state index contributed by atoms with van der Waals surface area (Å²) in [6.45, 7) is 5.94. The number of benzene rings is 2. The van der Waals surface area contributed by atoms with Gasteiger partial charge >= 0.3 is 0 Å². The second-order valence-electron chi connectivity index (χ2n) is 7.46. The van der Waals surface area contributed by atoms with Gasteiger partial charge in [-0.1, -0.05) is 74.0 Å². The van der Waals surface area contributed by atoms with Gasteiger partial charge in [-0.2, -0.15) is 10.1 Å². The van der Waals surface area contributed by atoms with Crippen LogP contribution in [-0.4, -0.2) is 20.7 Å². The van der Waals surface area contributed by atoms with Crippen molar-refractivity contribution in [3.8, 4) is 0 Å². The van der Waals surface area contributed by atoms with Crippen LogP contribution in [0.5, 0.6) is 0 Å². The minimum atomic E-state index is -0.114. The largest absolute Gasteiger partial charge is 0.274 e. The quantitative estimate of drug-likeness (QED) is 0.699. The summed E-state index contributed by atoms with van der Waals surface area (Å²) in [7, 11) is 0. The Morgan fingerprint density at radius 1 is 1.00 bits per heavy atom. The predicted octanol–water partition coefficient (Wildman–Crippen LogP) is 4.31. The fraction of sp³-hybridized carbons (Fsp3) is 0.318. The number of hydrogen-bond acceptors (Lipinski definition) is 3. The Bertz CT molecular complexity index is 930. The van der Waals surface area contributed by atoms with Crippen LogP contribution in [0, 0.1) is 12.8 Å². The number of hydrogen-bond donors (Lipinski definition) is 0. The third-order valence-corrected chi connectivity index (χ3v) is 5.20. The third kappa shape index (κ3) is 3.14. The molecular formula is C22H24N4O. The lowest BCUT2D eigenvalue weighted by Gasteiger charge is -2.39. The Balaban J connectivity index is 1.84. The molecule has 5 heteroatoms. The van der Waals surface area contributed by atoms with E-state index in [-0.39, 0.29) is 23.9 Å². The first-order valence-corrected chi connectivity index (χ1v) is 9.40. The van der Waals surface area contributed by atoms with Crippen molar-refractivity contribution in [3.63, 3.8) is 0 Å². The minimum Gasteiger partial charge on any atom is -0.274 e. The molecule has 3 aromatic rings. The van der Waals surface area contributed by atoms with Crippen LogP contribution in [0.2, 0.25) is 0 Å². The Hall–Kier alpha value is -2.95. The number of carbonyl (C=O) groups is 1. The molecule has 1 aliphatic heterocycles. The number of nitrogens with zero attached hydrogens (tertiary/aromatic N) is 4. The molecule has 0 N–H and O–H groups in total. The molecule has 0 saturated carbocycles. The second kappa shape index (κ2) is 6.99. The molecule has 5 nitrogen and oxygen atoms in total. The van der Waals surface area contributed by atoms with Gasteiger partial charge in [0.05, 0.1) is 12.1 Å². The lowest BCUT2D eigenvalue weighted by Crippen LogP contribution is -2.44. The van der Waals surface area contributed by atoms with Gasteiger partial charge in [0.25, 0.3) is 0 Å². The molecule has 4 rings (SSSR count). The molecule has 27 heavy (non-hydrogen) atoms. The second-order valence-corrected chi connectivity index (χ2v) is 7.46. The first-order valence-electron chi connectivity index (χ1n) is 9.40. The highest BCUT2D eigenvalue weighted by atomic mass is 16.2. The van der Waals surface area contributed by atoms with Crippen molar-refractivity contribution >= 4 is 11.9 Å². The molecule has 2 atom stereocenters. The molecule has 0 radical (unpaired) electrons. The van der Waals surface area contributed by atoms with E-state index in [2.05, 4.69) is 53.4 Å². The fourth-order valence-electron chi connectivity index (χ4n) is 3.75. The van der Waals surface area contributed by atoms with Crippen molar-refractivity contribution in [1.29, 1.82) is 0 Å². The Morgan fingerprint density at radius 2 is 1.67 bits per heavy atom. The lowest BCUT2D eigenvalue weighted by molar-refractivity contribution is -0.122. The van der Waals surface area contributed by atoms with E-state index in [4.69, 9.17) is 0 Å². The van der Waals surface area contributed by atoms with Crippen LogP contribution in [0.15, 0.2) is 60.9 Å². The zero-order valence-electron chi connectivity index (χ0n) is 15.9. The topological polar surface area (TPSA) is 51.0 Å². The maximum Gasteiger partial charge on any atom is 0.232 e. The molecule has 0 unspecified atom stereocenters. The molecule has 2 aromatic carbocycles.